The molecule has 0 aromatic heterocycles. The quantitative estimate of drug-likeness (QED) is 0.693. The molecule has 96 valence electrons. The summed E-state index contributed by atoms with van der Waals surface area (Å²) in [6, 6.07) is 0.425. The molecule has 0 N–H and O–H groups in total. The van der Waals surface area contributed by atoms with E-state index in [1.54, 1.807) is 0 Å². The fraction of sp³-hybridized carbons (Fsp3) is 0.333. The Morgan fingerprint density at radius 2 is 1.41 bits per heavy atom. The van der Waals surface area contributed by atoms with Crippen LogP contribution in [-0.4, -0.2) is 7.11 Å². The topological polar surface area (TPSA) is 9.23 Å². The van der Waals surface area contributed by atoms with E-state index in [1.165, 1.54) is 0 Å². The first-order valence-corrected chi connectivity index (χ1v) is 4.47. The standard InChI is InChI=1S/C9H5ClF6O/c1-17-7-3-6(10)4(8(11,12)13)2-5(7)9(14,15)16/h2-3H,1H3. The highest BCUT2D eigenvalue weighted by Crippen LogP contribution is 2.43. The summed E-state index contributed by atoms with van der Waals surface area (Å²) < 4.78 is 78.8. The minimum Gasteiger partial charge on any atom is -0.496 e. The Balaban J connectivity index is 3.49. The minimum atomic E-state index is -4.96. The van der Waals surface area contributed by atoms with Crippen molar-refractivity contribution in [2.24, 2.45) is 0 Å². The summed E-state index contributed by atoms with van der Waals surface area (Å²) in [5, 5.41) is -0.845. The number of halogens is 7. The van der Waals surface area contributed by atoms with Crippen molar-refractivity contribution >= 4 is 11.6 Å². The Morgan fingerprint density at radius 1 is 0.941 bits per heavy atom. The molecule has 0 spiro atoms. The molecule has 0 atom stereocenters. The molecule has 0 unspecified atom stereocenters. The van der Waals surface area contributed by atoms with Crippen LogP contribution >= 0.6 is 11.6 Å². The van der Waals surface area contributed by atoms with Gasteiger partial charge in [0.15, 0.2) is 0 Å². The van der Waals surface area contributed by atoms with Crippen molar-refractivity contribution in [3.05, 3.63) is 28.3 Å². The fourth-order valence-electron chi connectivity index (χ4n) is 1.16. The lowest BCUT2D eigenvalue weighted by molar-refractivity contribution is -0.143. The molecule has 0 aliphatic carbocycles. The van der Waals surface area contributed by atoms with Crippen molar-refractivity contribution in [2.45, 2.75) is 12.4 Å². The van der Waals surface area contributed by atoms with E-state index in [4.69, 9.17) is 11.6 Å². The van der Waals surface area contributed by atoms with Crippen LogP contribution in [-0.2, 0) is 12.4 Å². The lowest BCUT2D eigenvalue weighted by Gasteiger charge is -2.16. The summed E-state index contributed by atoms with van der Waals surface area (Å²) in [4.78, 5) is 0. The number of hydrogen-bond acceptors (Lipinski definition) is 1. The van der Waals surface area contributed by atoms with Crippen LogP contribution in [0.2, 0.25) is 5.02 Å². The highest BCUT2D eigenvalue weighted by Gasteiger charge is 2.40. The monoisotopic (exact) mass is 278 g/mol. The van der Waals surface area contributed by atoms with Gasteiger partial charge in [-0.05, 0) is 12.1 Å². The van der Waals surface area contributed by atoms with Gasteiger partial charge in [-0.25, -0.2) is 0 Å². The lowest BCUT2D eigenvalue weighted by Crippen LogP contribution is -2.12. The van der Waals surface area contributed by atoms with Crippen LogP contribution in [0.25, 0.3) is 0 Å². The molecule has 1 aromatic carbocycles. The zero-order chi connectivity index (χ0) is 13.4. The molecule has 0 aliphatic rings. The molecule has 0 fully saturated rings. The first-order chi connectivity index (χ1) is 7.57. The third kappa shape index (κ3) is 2.96. The average Bonchev–Trinajstić information content (AvgIpc) is 2.13. The minimum absolute atomic E-state index is 0.0683. The van der Waals surface area contributed by atoms with E-state index in [0.717, 1.165) is 7.11 Å². The number of hydrogen-bond donors (Lipinski definition) is 0. The second-order valence-corrected chi connectivity index (χ2v) is 3.44. The van der Waals surface area contributed by atoms with Crippen LogP contribution in [0.4, 0.5) is 26.3 Å². The van der Waals surface area contributed by atoms with Crippen LogP contribution in [0, 0.1) is 0 Å². The Bertz CT molecular complexity index is 423. The normalized spacial score (nSPS) is 12.7. The van der Waals surface area contributed by atoms with E-state index >= 15 is 0 Å². The first-order valence-electron chi connectivity index (χ1n) is 4.09. The summed E-state index contributed by atoms with van der Waals surface area (Å²) in [7, 11) is 0.911. The van der Waals surface area contributed by atoms with Crippen molar-refractivity contribution in [1.29, 1.82) is 0 Å². The van der Waals surface area contributed by atoms with Crippen molar-refractivity contribution in [3.8, 4) is 5.75 Å². The first kappa shape index (κ1) is 14.0. The van der Waals surface area contributed by atoms with Crippen molar-refractivity contribution in [2.75, 3.05) is 7.11 Å². The van der Waals surface area contributed by atoms with Gasteiger partial charge in [-0.2, -0.15) is 26.3 Å². The smallest absolute Gasteiger partial charge is 0.419 e. The molecule has 1 nitrogen and oxygen atoms in total. The third-order valence-corrected chi connectivity index (χ3v) is 2.21. The van der Waals surface area contributed by atoms with Gasteiger partial charge in [0, 0.05) is 0 Å². The van der Waals surface area contributed by atoms with Crippen molar-refractivity contribution in [1.82, 2.24) is 0 Å². The molecular weight excluding hydrogens is 274 g/mol. The van der Waals surface area contributed by atoms with Gasteiger partial charge in [0.1, 0.15) is 5.75 Å². The maximum Gasteiger partial charge on any atom is 0.419 e. The molecule has 0 saturated carbocycles. The van der Waals surface area contributed by atoms with Gasteiger partial charge in [-0.3, -0.25) is 0 Å². The van der Waals surface area contributed by atoms with Gasteiger partial charge in [0.25, 0.3) is 0 Å². The molecule has 0 aliphatic heterocycles. The molecule has 0 heterocycles. The molecule has 1 rings (SSSR count). The summed E-state index contributed by atoms with van der Waals surface area (Å²) in [6.07, 6.45) is -9.90. The van der Waals surface area contributed by atoms with Gasteiger partial charge in [-0.1, -0.05) is 11.6 Å². The summed E-state index contributed by atoms with van der Waals surface area (Å²) >= 11 is 5.25. The van der Waals surface area contributed by atoms with E-state index in [0.29, 0.717) is 6.07 Å². The fourth-order valence-corrected chi connectivity index (χ4v) is 1.42. The van der Waals surface area contributed by atoms with Gasteiger partial charge in [0.05, 0.1) is 23.3 Å². The van der Waals surface area contributed by atoms with Gasteiger partial charge in [-0.15, -0.1) is 0 Å². The molecule has 8 heteroatoms. The number of rotatable bonds is 1. The van der Waals surface area contributed by atoms with Gasteiger partial charge in [0.2, 0.25) is 0 Å². The SMILES string of the molecule is COc1cc(Cl)c(C(F)(F)F)cc1C(F)(F)F. The van der Waals surface area contributed by atoms with Crippen molar-refractivity contribution in [3.63, 3.8) is 0 Å². The Hall–Kier alpha value is -1.11. The number of benzene rings is 1. The second-order valence-electron chi connectivity index (χ2n) is 3.03. The zero-order valence-corrected chi connectivity index (χ0v) is 8.96. The van der Waals surface area contributed by atoms with Crippen molar-refractivity contribution < 1.29 is 31.1 Å². The maximum absolute atomic E-state index is 12.4. The molecule has 1 aromatic rings. The van der Waals surface area contributed by atoms with Crippen LogP contribution in [0.3, 0.4) is 0 Å². The molecule has 0 amide bonds. The molecular formula is C9H5ClF6O. The lowest BCUT2D eigenvalue weighted by atomic mass is 10.1. The molecule has 0 bridgehead atoms. The van der Waals surface area contributed by atoms with E-state index in [1.807, 2.05) is 0 Å². The van der Waals surface area contributed by atoms with Crippen LogP contribution < -0.4 is 4.74 Å². The van der Waals surface area contributed by atoms with Crippen LogP contribution in [0.5, 0.6) is 5.75 Å². The van der Waals surface area contributed by atoms with E-state index in [9.17, 15) is 26.3 Å². The summed E-state index contributed by atoms with van der Waals surface area (Å²) in [5.41, 5.74) is -3.07. The van der Waals surface area contributed by atoms with E-state index in [2.05, 4.69) is 4.74 Å². The third-order valence-electron chi connectivity index (χ3n) is 1.90. The largest absolute Gasteiger partial charge is 0.496 e. The molecule has 0 radical (unpaired) electrons. The Morgan fingerprint density at radius 3 is 1.76 bits per heavy atom. The Kier molecular flexibility index (Phi) is 3.52. The average molecular weight is 279 g/mol. The predicted octanol–water partition coefficient (Wildman–Crippen LogP) is 4.39. The van der Waals surface area contributed by atoms with E-state index in [-0.39, 0.29) is 6.07 Å². The zero-order valence-electron chi connectivity index (χ0n) is 8.21. The van der Waals surface area contributed by atoms with Gasteiger partial charge < -0.3 is 4.74 Å². The highest BCUT2D eigenvalue weighted by atomic mass is 35.5. The maximum atomic E-state index is 12.4. The molecule has 0 saturated heterocycles. The Labute approximate surface area is 96.9 Å². The van der Waals surface area contributed by atoms with Crippen LogP contribution in [0.15, 0.2) is 12.1 Å². The number of alkyl halides is 6. The number of ether oxygens (including phenoxy) is 1. The van der Waals surface area contributed by atoms with E-state index < -0.39 is 34.3 Å². The summed E-state index contributed by atoms with van der Waals surface area (Å²) in [6.45, 7) is 0. The number of methoxy groups -OCH3 is 1. The van der Waals surface area contributed by atoms with Gasteiger partial charge >= 0.3 is 12.4 Å². The van der Waals surface area contributed by atoms with Crippen LogP contribution in [0.1, 0.15) is 11.1 Å². The highest BCUT2D eigenvalue weighted by molar-refractivity contribution is 6.31. The second kappa shape index (κ2) is 4.29. The predicted molar refractivity (Wildman–Crippen MR) is 48.0 cm³/mol. The summed E-state index contributed by atoms with van der Waals surface area (Å²) in [5.74, 6) is -0.754. The molecule has 17 heavy (non-hydrogen) atoms.